The predicted molar refractivity (Wildman–Crippen MR) is 81.6 cm³/mol. The van der Waals surface area contributed by atoms with Gasteiger partial charge in [0.1, 0.15) is 5.75 Å². The van der Waals surface area contributed by atoms with Gasteiger partial charge in [-0.05, 0) is 32.0 Å². The van der Waals surface area contributed by atoms with Crippen molar-refractivity contribution in [3.63, 3.8) is 0 Å². The Labute approximate surface area is 138 Å². The highest BCUT2D eigenvalue weighted by Gasteiger charge is 2.09. The monoisotopic (exact) mass is 327 g/mol. The first-order chi connectivity index (χ1) is 10.2. The number of nitrogens with one attached hydrogen (secondary N) is 1. The van der Waals surface area contributed by atoms with Gasteiger partial charge in [-0.2, -0.15) is 0 Å². The van der Waals surface area contributed by atoms with E-state index >= 15 is 0 Å². The van der Waals surface area contributed by atoms with Gasteiger partial charge in [-0.3, -0.25) is 9.69 Å². The van der Waals surface area contributed by atoms with Crippen molar-refractivity contribution in [3.8, 4) is 5.75 Å². The summed E-state index contributed by atoms with van der Waals surface area (Å²) in [6.07, 6.45) is 0.955. The lowest BCUT2D eigenvalue weighted by molar-refractivity contribution is -0.123. The Hall–Kier alpha value is -1.30. The van der Waals surface area contributed by atoms with Crippen molar-refractivity contribution >= 4 is 5.91 Å². The fourth-order valence-corrected chi connectivity index (χ4v) is 2.19. The number of amides is 1. The molecule has 1 amide bonds. The van der Waals surface area contributed by atoms with Crippen molar-refractivity contribution in [1.82, 2.24) is 10.2 Å². The van der Waals surface area contributed by atoms with Crippen LogP contribution in [0.5, 0.6) is 5.75 Å². The van der Waals surface area contributed by atoms with Crippen LogP contribution in [0.2, 0.25) is 0 Å². The number of halogens is 1. The Morgan fingerprint density at radius 2 is 1.95 bits per heavy atom. The van der Waals surface area contributed by atoms with Gasteiger partial charge in [-0.1, -0.05) is 17.7 Å². The van der Waals surface area contributed by atoms with Crippen LogP contribution >= 0.6 is 0 Å². The number of aryl methyl sites for hydroxylation is 1. The summed E-state index contributed by atoms with van der Waals surface area (Å²) in [5.74, 6) is 0.654. The first-order valence-corrected chi connectivity index (χ1v) is 7.50. The van der Waals surface area contributed by atoms with Crippen molar-refractivity contribution in [2.45, 2.75) is 13.3 Å². The van der Waals surface area contributed by atoms with Gasteiger partial charge in [0.25, 0.3) is 5.91 Å². The molecule has 1 aliphatic rings. The summed E-state index contributed by atoms with van der Waals surface area (Å²) < 4.78 is 10.7. The molecule has 5 nitrogen and oxygen atoms in total. The van der Waals surface area contributed by atoms with E-state index in [1.807, 2.05) is 31.2 Å². The minimum absolute atomic E-state index is 0. The smallest absolute Gasteiger partial charge is 0.257 e. The number of carbonyl (C=O) groups is 1. The number of ether oxygens (including phenoxy) is 2. The average Bonchev–Trinajstić information content (AvgIpc) is 2.52. The topological polar surface area (TPSA) is 50.8 Å². The molecule has 1 aliphatic heterocycles. The van der Waals surface area contributed by atoms with Crippen LogP contribution in [-0.4, -0.2) is 56.8 Å². The average molecular weight is 328 g/mol. The number of carbonyl (C=O) groups excluding carboxylic acids is 1. The van der Waals surface area contributed by atoms with Crippen molar-refractivity contribution in [2.24, 2.45) is 0 Å². The van der Waals surface area contributed by atoms with Gasteiger partial charge in [0, 0.05) is 19.6 Å². The lowest BCUT2D eigenvalue weighted by Gasteiger charge is -2.26. The molecular weight excluding hydrogens is 304 g/mol. The third-order valence-corrected chi connectivity index (χ3v) is 3.47. The molecule has 124 valence electrons. The van der Waals surface area contributed by atoms with Crippen molar-refractivity contribution in [3.05, 3.63) is 29.8 Å². The molecule has 1 fully saturated rings. The molecule has 2 rings (SSSR count). The predicted octanol–water partition coefficient (Wildman–Crippen LogP) is -1.78. The highest BCUT2D eigenvalue weighted by molar-refractivity contribution is 5.77. The fourth-order valence-electron chi connectivity index (χ4n) is 2.19. The molecule has 22 heavy (non-hydrogen) atoms. The SMILES string of the molecule is Cc1ccc(OCC(=O)NCCCN2CCOCC2)cc1.[Cl-]. The van der Waals surface area contributed by atoms with E-state index in [1.54, 1.807) is 0 Å². The van der Waals surface area contributed by atoms with E-state index in [2.05, 4.69) is 10.2 Å². The van der Waals surface area contributed by atoms with Gasteiger partial charge in [0.15, 0.2) is 6.61 Å². The number of rotatable bonds is 7. The number of nitrogens with zero attached hydrogens (tertiary/aromatic N) is 1. The Balaban J connectivity index is 0.00000242. The normalized spacial score (nSPS) is 15.0. The first kappa shape index (κ1) is 18.7. The summed E-state index contributed by atoms with van der Waals surface area (Å²) >= 11 is 0. The van der Waals surface area contributed by atoms with Crippen LogP contribution in [0.1, 0.15) is 12.0 Å². The standard InChI is InChI=1S/C16H24N2O3.ClH/c1-14-3-5-15(6-4-14)21-13-16(19)17-7-2-8-18-9-11-20-12-10-18;/h3-6H,2,7-13H2,1H3,(H,17,19);1H/p-1. The molecule has 0 aromatic heterocycles. The molecule has 0 atom stereocenters. The zero-order chi connectivity index (χ0) is 14.9. The van der Waals surface area contributed by atoms with Crippen LogP contribution in [-0.2, 0) is 9.53 Å². The summed E-state index contributed by atoms with van der Waals surface area (Å²) in [6, 6.07) is 7.69. The van der Waals surface area contributed by atoms with E-state index in [0.29, 0.717) is 6.54 Å². The van der Waals surface area contributed by atoms with Crippen LogP contribution < -0.4 is 22.5 Å². The second kappa shape index (κ2) is 10.4. The zero-order valence-corrected chi connectivity index (χ0v) is 13.8. The first-order valence-electron chi connectivity index (χ1n) is 7.50. The highest BCUT2D eigenvalue weighted by atomic mass is 35.5. The second-order valence-corrected chi connectivity index (χ2v) is 5.26. The van der Waals surface area contributed by atoms with Crippen LogP contribution in [0.15, 0.2) is 24.3 Å². The van der Waals surface area contributed by atoms with Crippen LogP contribution in [0.25, 0.3) is 0 Å². The molecular formula is C16H24ClN2O3-. The molecule has 1 heterocycles. The van der Waals surface area contributed by atoms with Gasteiger partial charge in [-0.25, -0.2) is 0 Å². The lowest BCUT2D eigenvalue weighted by Crippen LogP contribution is -3.00. The van der Waals surface area contributed by atoms with Gasteiger partial charge in [0.2, 0.25) is 0 Å². The summed E-state index contributed by atoms with van der Waals surface area (Å²) in [7, 11) is 0. The summed E-state index contributed by atoms with van der Waals surface area (Å²) in [6.45, 7) is 7.39. The van der Waals surface area contributed by atoms with E-state index < -0.39 is 0 Å². The molecule has 0 aliphatic carbocycles. The van der Waals surface area contributed by atoms with Crippen LogP contribution in [0.3, 0.4) is 0 Å². The molecule has 0 spiro atoms. The fraction of sp³-hybridized carbons (Fsp3) is 0.562. The number of hydrogen-bond donors (Lipinski definition) is 1. The molecule has 6 heteroatoms. The number of benzene rings is 1. The minimum Gasteiger partial charge on any atom is -1.00 e. The van der Waals surface area contributed by atoms with E-state index in [0.717, 1.165) is 45.0 Å². The molecule has 0 bridgehead atoms. The van der Waals surface area contributed by atoms with E-state index in [9.17, 15) is 4.79 Å². The molecule has 1 N–H and O–H groups in total. The molecule has 1 saturated heterocycles. The Bertz CT molecular complexity index is 434. The quantitative estimate of drug-likeness (QED) is 0.602. The Morgan fingerprint density at radius 3 is 2.64 bits per heavy atom. The highest BCUT2D eigenvalue weighted by Crippen LogP contribution is 2.10. The van der Waals surface area contributed by atoms with Crippen molar-refractivity contribution < 1.29 is 26.7 Å². The van der Waals surface area contributed by atoms with E-state index in [-0.39, 0.29) is 24.9 Å². The summed E-state index contributed by atoms with van der Waals surface area (Å²) in [4.78, 5) is 14.0. The largest absolute Gasteiger partial charge is 1.00 e. The summed E-state index contributed by atoms with van der Waals surface area (Å²) in [5.41, 5.74) is 1.18. The number of hydrogen-bond acceptors (Lipinski definition) is 4. The Kier molecular flexibility index (Phi) is 8.89. The summed E-state index contributed by atoms with van der Waals surface area (Å²) in [5, 5.41) is 2.88. The minimum atomic E-state index is -0.0717. The third kappa shape index (κ3) is 7.11. The van der Waals surface area contributed by atoms with Gasteiger partial charge >= 0.3 is 0 Å². The molecule has 0 unspecified atom stereocenters. The molecule has 1 aromatic carbocycles. The van der Waals surface area contributed by atoms with E-state index in [4.69, 9.17) is 9.47 Å². The maximum atomic E-state index is 11.7. The maximum absolute atomic E-state index is 11.7. The number of morpholine rings is 1. The molecule has 0 saturated carbocycles. The van der Waals surface area contributed by atoms with Crippen LogP contribution in [0, 0.1) is 6.92 Å². The van der Waals surface area contributed by atoms with Gasteiger partial charge < -0.3 is 27.2 Å². The zero-order valence-electron chi connectivity index (χ0n) is 13.0. The van der Waals surface area contributed by atoms with Crippen molar-refractivity contribution in [2.75, 3.05) is 46.0 Å². The lowest BCUT2D eigenvalue weighted by atomic mass is 10.2. The Morgan fingerprint density at radius 1 is 1.27 bits per heavy atom. The molecule has 0 radical (unpaired) electrons. The maximum Gasteiger partial charge on any atom is 0.257 e. The van der Waals surface area contributed by atoms with Gasteiger partial charge in [0.05, 0.1) is 13.2 Å². The van der Waals surface area contributed by atoms with Crippen LogP contribution in [0.4, 0.5) is 0 Å². The second-order valence-electron chi connectivity index (χ2n) is 5.26. The van der Waals surface area contributed by atoms with E-state index in [1.165, 1.54) is 5.56 Å². The third-order valence-electron chi connectivity index (χ3n) is 3.47. The van der Waals surface area contributed by atoms with Crippen molar-refractivity contribution in [1.29, 1.82) is 0 Å². The molecule has 1 aromatic rings. The van der Waals surface area contributed by atoms with Gasteiger partial charge in [-0.15, -0.1) is 0 Å².